The van der Waals surface area contributed by atoms with Crippen molar-refractivity contribution in [2.24, 2.45) is 0 Å². The van der Waals surface area contributed by atoms with Gasteiger partial charge in [-0.15, -0.1) is 24.5 Å². The number of hydrogen-bond acceptors (Lipinski definition) is 6. The van der Waals surface area contributed by atoms with Gasteiger partial charge in [0.05, 0.1) is 16.2 Å². The fraction of sp³-hybridized carbons (Fsp3) is 0.344. The average molecular weight is 668 g/mol. The van der Waals surface area contributed by atoms with Crippen molar-refractivity contribution in [3.63, 3.8) is 0 Å². The van der Waals surface area contributed by atoms with Crippen LogP contribution >= 0.6 is 22.9 Å². The van der Waals surface area contributed by atoms with Crippen LogP contribution < -0.4 is 14.8 Å². The van der Waals surface area contributed by atoms with E-state index in [4.69, 9.17) is 16.3 Å². The van der Waals surface area contributed by atoms with Gasteiger partial charge in [-0.2, -0.15) is 0 Å². The first kappa shape index (κ1) is 33.6. The second-order valence-corrected chi connectivity index (χ2v) is 15.6. The Balaban J connectivity index is 1.65. The van der Waals surface area contributed by atoms with E-state index in [2.05, 4.69) is 10.1 Å². The van der Waals surface area contributed by atoms with Gasteiger partial charge in [-0.1, -0.05) is 38.4 Å². The Morgan fingerprint density at radius 2 is 1.57 bits per heavy atom. The van der Waals surface area contributed by atoms with Crippen LogP contribution in [0.5, 0.6) is 11.5 Å². The van der Waals surface area contributed by atoms with Gasteiger partial charge in [0.25, 0.3) is 5.91 Å². The zero-order valence-corrected chi connectivity index (χ0v) is 27.4. The summed E-state index contributed by atoms with van der Waals surface area (Å²) in [7, 11) is -3.38. The molecule has 0 aliphatic heterocycles. The number of alkyl halides is 3. The lowest BCUT2D eigenvalue weighted by atomic mass is 9.78. The Hall–Kier alpha value is -3.28. The topological polar surface area (TPSA) is 81.7 Å². The van der Waals surface area contributed by atoms with Gasteiger partial charge < -0.3 is 14.8 Å². The Morgan fingerprint density at radius 1 is 0.909 bits per heavy atom. The molecule has 236 valence electrons. The van der Waals surface area contributed by atoms with Crippen molar-refractivity contribution in [3.05, 3.63) is 87.3 Å². The minimum Gasteiger partial charge on any atom is -0.493 e. The molecule has 1 amide bonds. The Bertz CT molecular complexity index is 1810. The smallest absolute Gasteiger partial charge is 0.493 e. The zero-order valence-electron chi connectivity index (χ0n) is 25.1. The fourth-order valence-corrected chi connectivity index (χ4v) is 6.28. The summed E-state index contributed by atoms with van der Waals surface area (Å²) in [5.74, 6) is -0.561. The average Bonchev–Trinajstić information content (AvgIpc) is 3.34. The number of benzene rings is 3. The predicted octanol–water partition coefficient (Wildman–Crippen LogP) is 9.10. The molecular formula is C32H33ClF3NO5S2. The van der Waals surface area contributed by atoms with Crippen molar-refractivity contribution in [1.82, 2.24) is 0 Å². The van der Waals surface area contributed by atoms with E-state index in [0.29, 0.717) is 45.3 Å². The number of carbonyl (C=O) groups is 1. The van der Waals surface area contributed by atoms with Gasteiger partial charge in [-0.25, -0.2) is 8.42 Å². The lowest BCUT2D eigenvalue weighted by molar-refractivity contribution is -0.274. The summed E-state index contributed by atoms with van der Waals surface area (Å²) < 4.78 is 73.5. The standard InChI is InChI=1S/C32H33ClF3NO5S2/c1-7-10-41-25-15-22(16-26(18-25)42-32(34,35)36)30(2,3)21-13-23(33)17-24(14-21)37-29(38)28-12-19-11-20(8-9-27(19)43-28)31(4,5)44(6,39)40/h8-9,11-18H,7,10H2,1-6H3,(H,37,38). The highest BCUT2D eigenvalue weighted by atomic mass is 35.5. The number of amides is 1. The largest absolute Gasteiger partial charge is 0.573 e. The van der Waals surface area contributed by atoms with Crippen LogP contribution in [0.3, 0.4) is 0 Å². The molecule has 0 saturated heterocycles. The number of fused-ring (bicyclic) bond motifs is 1. The molecule has 1 aromatic heterocycles. The summed E-state index contributed by atoms with van der Waals surface area (Å²) in [5.41, 5.74) is 1.26. The van der Waals surface area contributed by atoms with E-state index < -0.39 is 38.0 Å². The van der Waals surface area contributed by atoms with Crippen LogP contribution in [-0.2, 0) is 20.0 Å². The van der Waals surface area contributed by atoms with Crippen LogP contribution in [0.4, 0.5) is 18.9 Å². The van der Waals surface area contributed by atoms with Crippen LogP contribution in [0.1, 0.15) is 67.4 Å². The lowest BCUT2D eigenvalue weighted by Gasteiger charge is -2.28. The van der Waals surface area contributed by atoms with Crippen LogP contribution in [-0.4, -0.2) is 33.5 Å². The molecule has 0 spiro atoms. The van der Waals surface area contributed by atoms with Crippen molar-refractivity contribution in [2.75, 3.05) is 18.2 Å². The summed E-state index contributed by atoms with van der Waals surface area (Å²) in [6, 6.07) is 16.2. The minimum atomic E-state index is -4.88. The van der Waals surface area contributed by atoms with Gasteiger partial charge in [0, 0.05) is 33.1 Å². The summed E-state index contributed by atoms with van der Waals surface area (Å²) in [6.45, 7) is 9.13. The molecule has 1 heterocycles. The van der Waals surface area contributed by atoms with Crippen molar-refractivity contribution in [3.8, 4) is 11.5 Å². The van der Waals surface area contributed by atoms with E-state index in [1.165, 1.54) is 29.7 Å². The third-order valence-corrected chi connectivity index (χ3v) is 11.0. The van der Waals surface area contributed by atoms with Gasteiger partial charge in [0.15, 0.2) is 9.84 Å². The van der Waals surface area contributed by atoms with E-state index in [9.17, 15) is 26.4 Å². The lowest BCUT2D eigenvalue weighted by Crippen LogP contribution is -2.27. The summed E-state index contributed by atoms with van der Waals surface area (Å²) in [5, 5.41) is 3.93. The number of rotatable bonds is 10. The molecule has 4 rings (SSSR count). The Morgan fingerprint density at radius 3 is 2.20 bits per heavy atom. The predicted molar refractivity (Wildman–Crippen MR) is 170 cm³/mol. The monoisotopic (exact) mass is 667 g/mol. The van der Waals surface area contributed by atoms with Gasteiger partial charge >= 0.3 is 6.36 Å². The van der Waals surface area contributed by atoms with Gasteiger partial charge in [0.1, 0.15) is 11.5 Å². The normalized spacial score (nSPS) is 12.8. The van der Waals surface area contributed by atoms with E-state index >= 15 is 0 Å². The molecule has 0 atom stereocenters. The first-order valence-corrected chi connectivity index (χ1v) is 16.8. The highest BCUT2D eigenvalue weighted by molar-refractivity contribution is 7.91. The molecule has 3 aromatic carbocycles. The van der Waals surface area contributed by atoms with Gasteiger partial charge in [-0.3, -0.25) is 4.79 Å². The van der Waals surface area contributed by atoms with Crippen LogP contribution in [0, 0.1) is 0 Å². The molecule has 0 aliphatic rings. The second-order valence-electron chi connectivity index (χ2n) is 11.5. The molecule has 0 bridgehead atoms. The zero-order chi connectivity index (χ0) is 32.7. The number of carbonyl (C=O) groups excluding carboxylic acids is 1. The molecule has 0 saturated carbocycles. The minimum absolute atomic E-state index is 0.236. The van der Waals surface area contributed by atoms with Crippen molar-refractivity contribution in [2.45, 2.75) is 57.6 Å². The number of anilines is 1. The molecular weight excluding hydrogens is 635 g/mol. The number of ether oxygens (including phenoxy) is 2. The molecule has 0 unspecified atom stereocenters. The molecule has 6 nitrogen and oxygen atoms in total. The maximum Gasteiger partial charge on any atom is 0.573 e. The van der Waals surface area contributed by atoms with Crippen molar-refractivity contribution >= 4 is 54.5 Å². The number of thiophene rings is 1. The van der Waals surface area contributed by atoms with E-state index in [1.807, 2.05) is 20.8 Å². The van der Waals surface area contributed by atoms with E-state index in [-0.39, 0.29) is 5.75 Å². The highest BCUT2D eigenvalue weighted by Gasteiger charge is 2.34. The third-order valence-electron chi connectivity index (χ3n) is 7.55. The molecule has 1 N–H and O–H groups in total. The van der Waals surface area contributed by atoms with Crippen LogP contribution in [0.2, 0.25) is 5.02 Å². The second kappa shape index (κ2) is 12.3. The highest BCUT2D eigenvalue weighted by Crippen LogP contribution is 2.40. The number of halogens is 4. The Kier molecular flexibility index (Phi) is 9.36. The maximum absolute atomic E-state index is 13.3. The quantitative estimate of drug-likeness (QED) is 0.182. The van der Waals surface area contributed by atoms with Gasteiger partial charge in [0.2, 0.25) is 0 Å². The maximum atomic E-state index is 13.3. The van der Waals surface area contributed by atoms with E-state index in [0.717, 1.165) is 10.1 Å². The molecule has 4 aromatic rings. The summed E-state index contributed by atoms with van der Waals surface area (Å²) in [4.78, 5) is 13.7. The molecule has 0 fully saturated rings. The van der Waals surface area contributed by atoms with Crippen molar-refractivity contribution in [1.29, 1.82) is 0 Å². The SMILES string of the molecule is CCCOc1cc(OC(F)(F)F)cc(C(C)(C)c2cc(Cl)cc(NC(=O)c3cc4cc(C(C)(C)S(C)(=O)=O)ccc4s3)c2)c1. The van der Waals surface area contributed by atoms with Gasteiger partial charge in [-0.05, 0) is 90.9 Å². The summed E-state index contributed by atoms with van der Waals surface area (Å²) in [6.07, 6.45) is -3.02. The number of hydrogen-bond donors (Lipinski definition) is 1. The third kappa shape index (κ3) is 7.50. The Labute approximate surface area is 264 Å². The molecule has 0 aliphatic carbocycles. The first-order valence-electron chi connectivity index (χ1n) is 13.7. The molecule has 0 radical (unpaired) electrons. The fourth-order valence-electron chi connectivity index (χ4n) is 4.55. The molecule has 44 heavy (non-hydrogen) atoms. The molecule has 12 heteroatoms. The van der Waals surface area contributed by atoms with Crippen molar-refractivity contribution < 1.29 is 35.9 Å². The number of sulfone groups is 1. The van der Waals surface area contributed by atoms with E-state index in [1.54, 1.807) is 62.4 Å². The van der Waals surface area contributed by atoms with Crippen LogP contribution in [0.15, 0.2) is 60.7 Å². The first-order chi connectivity index (χ1) is 20.3. The summed E-state index contributed by atoms with van der Waals surface area (Å²) >= 11 is 7.72. The van der Waals surface area contributed by atoms with Crippen LogP contribution in [0.25, 0.3) is 10.1 Å². The number of nitrogens with one attached hydrogen (secondary N) is 1.